The van der Waals surface area contributed by atoms with Crippen LogP contribution in [0.4, 0.5) is 24.7 Å². The third kappa shape index (κ3) is 3.49. The SMILES string of the molecule is Cn1ccc(N2CCC[C@H](Nc3ccc(C(F)(F)F)cc3C#N)C2=O)n1. The standard InChI is InChI=1S/C17H16F3N5O/c1-24-8-6-15(23-24)25-7-2-3-14(16(25)26)22-13-5-4-12(17(18,19)20)9-11(13)10-21/h4-6,8-9,14,22H,2-3,7H2,1H3/t14-/m0/s1. The van der Waals surface area contributed by atoms with Gasteiger partial charge in [-0.05, 0) is 31.0 Å². The van der Waals surface area contributed by atoms with Crippen molar-refractivity contribution in [3.8, 4) is 6.07 Å². The Morgan fingerprint density at radius 2 is 2.12 bits per heavy atom. The van der Waals surface area contributed by atoms with Gasteiger partial charge in [0.15, 0.2) is 5.82 Å². The molecule has 0 aliphatic carbocycles. The van der Waals surface area contributed by atoms with Gasteiger partial charge in [0.05, 0.1) is 16.8 Å². The normalized spacial score (nSPS) is 17.9. The largest absolute Gasteiger partial charge is 0.416 e. The van der Waals surface area contributed by atoms with E-state index in [0.29, 0.717) is 25.2 Å². The maximum atomic E-state index is 12.8. The number of hydrogen-bond donors (Lipinski definition) is 1. The molecular formula is C17H16F3N5O. The molecule has 1 atom stereocenters. The van der Waals surface area contributed by atoms with Gasteiger partial charge in [0.25, 0.3) is 5.91 Å². The van der Waals surface area contributed by atoms with Gasteiger partial charge in [-0.3, -0.25) is 14.4 Å². The Morgan fingerprint density at radius 3 is 2.73 bits per heavy atom. The molecule has 0 bridgehead atoms. The van der Waals surface area contributed by atoms with Crippen molar-refractivity contribution in [2.45, 2.75) is 25.1 Å². The Bertz CT molecular complexity index is 868. The third-order valence-corrected chi connectivity index (χ3v) is 4.21. The monoisotopic (exact) mass is 363 g/mol. The predicted molar refractivity (Wildman–Crippen MR) is 88.4 cm³/mol. The van der Waals surface area contributed by atoms with E-state index in [1.165, 1.54) is 11.0 Å². The number of carbonyl (C=O) groups excluding carboxylic acids is 1. The molecule has 1 aromatic heterocycles. The minimum Gasteiger partial charge on any atom is -0.373 e. The number of nitriles is 1. The van der Waals surface area contributed by atoms with Crippen LogP contribution in [0.25, 0.3) is 0 Å². The van der Waals surface area contributed by atoms with Crippen LogP contribution in [-0.2, 0) is 18.0 Å². The summed E-state index contributed by atoms with van der Waals surface area (Å²) in [6, 6.07) is 5.72. The summed E-state index contributed by atoms with van der Waals surface area (Å²) < 4.78 is 40.0. The smallest absolute Gasteiger partial charge is 0.373 e. The number of benzene rings is 1. The lowest BCUT2D eigenvalue weighted by Gasteiger charge is -2.32. The van der Waals surface area contributed by atoms with Gasteiger partial charge in [-0.1, -0.05) is 0 Å². The van der Waals surface area contributed by atoms with Gasteiger partial charge in [0.1, 0.15) is 12.1 Å². The highest BCUT2D eigenvalue weighted by Crippen LogP contribution is 2.32. The highest BCUT2D eigenvalue weighted by molar-refractivity contribution is 5.98. The molecule has 26 heavy (non-hydrogen) atoms. The van der Waals surface area contributed by atoms with E-state index < -0.39 is 17.8 Å². The van der Waals surface area contributed by atoms with Gasteiger partial charge in [-0.15, -0.1) is 0 Å². The first-order valence-corrected chi connectivity index (χ1v) is 7.98. The molecule has 0 spiro atoms. The van der Waals surface area contributed by atoms with E-state index in [1.807, 2.05) is 0 Å². The topological polar surface area (TPSA) is 73.9 Å². The van der Waals surface area contributed by atoms with Crippen LogP contribution in [0.5, 0.6) is 0 Å². The molecule has 1 amide bonds. The number of piperidine rings is 1. The second kappa shape index (κ2) is 6.71. The first kappa shape index (κ1) is 17.8. The van der Waals surface area contributed by atoms with E-state index in [0.717, 1.165) is 12.1 Å². The van der Waals surface area contributed by atoms with Crippen LogP contribution in [0.1, 0.15) is 24.0 Å². The van der Waals surface area contributed by atoms with Crippen LogP contribution in [0.15, 0.2) is 30.5 Å². The molecule has 136 valence electrons. The molecule has 1 aliphatic heterocycles. The summed E-state index contributed by atoms with van der Waals surface area (Å²) in [7, 11) is 1.75. The summed E-state index contributed by atoms with van der Waals surface area (Å²) in [6.45, 7) is 0.520. The fourth-order valence-corrected chi connectivity index (χ4v) is 2.91. The molecule has 1 N–H and O–H groups in total. The zero-order valence-corrected chi connectivity index (χ0v) is 13.9. The van der Waals surface area contributed by atoms with Crippen molar-refractivity contribution in [3.05, 3.63) is 41.6 Å². The predicted octanol–water partition coefficient (Wildman–Crippen LogP) is 2.92. The molecular weight excluding hydrogens is 347 g/mol. The molecule has 6 nitrogen and oxygen atoms in total. The van der Waals surface area contributed by atoms with E-state index in [4.69, 9.17) is 0 Å². The quantitative estimate of drug-likeness (QED) is 0.910. The lowest BCUT2D eigenvalue weighted by molar-refractivity contribution is -0.137. The van der Waals surface area contributed by atoms with Gasteiger partial charge >= 0.3 is 6.18 Å². The zero-order valence-electron chi connectivity index (χ0n) is 13.9. The minimum absolute atomic E-state index is 0.150. The minimum atomic E-state index is -4.53. The molecule has 0 saturated carbocycles. The fraction of sp³-hybridized carbons (Fsp3) is 0.353. The molecule has 3 rings (SSSR count). The third-order valence-electron chi connectivity index (χ3n) is 4.21. The van der Waals surface area contributed by atoms with Gasteiger partial charge in [-0.25, -0.2) is 0 Å². The summed E-state index contributed by atoms with van der Waals surface area (Å²) in [5.74, 6) is 0.302. The van der Waals surface area contributed by atoms with Crippen LogP contribution >= 0.6 is 0 Å². The van der Waals surface area contributed by atoms with Crippen molar-refractivity contribution in [2.24, 2.45) is 7.05 Å². The van der Waals surface area contributed by atoms with Gasteiger partial charge < -0.3 is 5.32 Å². The second-order valence-corrected chi connectivity index (χ2v) is 6.05. The number of rotatable bonds is 3. The van der Waals surface area contributed by atoms with Gasteiger partial charge in [0.2, 0.25) is 0 Å². The number of aromatic nitrogens is 2. The van der Waals surface area contributed by atoms with Gasteiger partial charge in [0, 0.05) is 25.9 Å². The molecule has 1 aliphatic rings. The van der Waals surface area contributed by atoms with Crippen molar-refractivity contribution < 1.29 is 18.0 Å². The summed E-state index contributed by atoms with van der Waals surface area (Å²) in [4.78, 5) is 14.3. The molecule has 0 unspecified atom stereocenters. The Balaban J connectivity index is 1.82. The van der Waals surface area contributed by atoms with Crippen LogP contribution in [0, 0.1) is 11.3 Å². The van der Waals surface area contributed by atoms with Crippen LogP contribution in [0.2, 0.25) is 0 Å². The first-order chi connectivity index (χ1) is 12.3. The Morgan fingerprint density at radius 1 is 1.35 bits per heavy atom. The lowest BCUT2D eigenvalue weighted by atomic mass is 10.0. The number of carbonyl (C=O) groups is 1. The molecule has 2 aromatic rings. The number of aryl methyl sites for hydroxylation is 1. The molecule has 9 heteroatoms. The summed E-state index contributed by atoms with van der Waals surface area (Å²) in [5, 5.41) is 16.3. The average molecular weight is 363 g/mol. The van der Waals surface area contributed by atoms with E-state index in [2.05, 4.69) is 10.4 Å². The number of anilines is 2. The molecule has 1 aromatic carbocycles. The Hall–Kier alpha value is -3.02. The van der Waals surface area contributed by atoms with E-state index in [-0.39, 0.29) is 17.2 Å². The highest BCUT2D eigenvalue weighted by atomic mass is 19.4. The molecule has 1 fully saturated rings. The maximum Gasteiger partial charge on any atom is 0.416 e. The van der Waals surface area contributed by atoms with Crippen molar-refractivity contribution in [1.29, 1.82) is 5.26 Å². The summed E-state index contributed by atoms with van der Waals surface area (Å²) >= 11 is 0. The van der Waals surface area contributed by atoms with E-state index in [1.54, 1.807) is 30.1 Å². The zero-order chi connectivity index (χ0) is 18.9. The van der Waals surface area contributed by atoms with Crippen LogP contribution < -0.4 is 10.2 Å². The lowest BCUT2D eigenvalue weighted by Crippen LogP contribution is -2.48. The molecule has 1 saturated heterocycles. The van der Waals surface area contributed by atoms with Crippen molar-refractivity contribution in [1.82, 2.24) is 9.78 Å². The Kier molecular flexibility index (Phi) is 4.59. The maximum absolute atomic E-state index is 12.8. The fourth-order valence-electron chi connectivity index (χ4n) is 2.91. The number of nitrogens with zero attached hydrogens (tertiary/aromatic N) is 4. The average Bonchev–Trinajstić information content (AvgIpc) is 3.02. The number of alkyl halides is 3. The highest BCUT2D eigenvalue weighted by Gasteiger charge is 2.33. The van der Waals surface area contributed by atoms with E-state index >= 15 is 0 Å². The van der Waals surface area contributed by atoms with Crippen LogP contribution in [0.3, 0.4) is 0 Å². The van der Waals surface area contributed by atoms with Gasteiger partial charge in [-0.2, -0.15) is 23.5 Å². The number of amides is 1. The number of halogens is 3. The van der Waals surface area contributed by atoms with Crippen molar-refractivity contribution in [2.75, 3.05) is 16.8 Å². The summed E-state index contributed by atoms with van der Waals surface area (Å²) in [6.07, 6.45) is -1.57. The van der Waals surface area contributed by atoms with Crippen LogP contribution in [-0.4, -0.2) is 28.3 Å². The summed E-state index contributed by atoms with van der Waals surface area (Å²) in [5.41, 5.74) is -0.839. The van der Waals surface area contributed by atoms with E-state index in [9.17, 15) is 23.2 Å². The molecule has 0 radical (unpaired) electrons. The van der Waals surface area contributed by atoms with Crippen molar-refractivity contribution in [3.63, 3.8) is 0 Å². The first-order valence-electron chi connectivity index (χ1n) is 7.98. The number of nitrogens with one attached hydrogen (secondary N) is 1. The Labute approximate surface area is 147 Å². The van der Waals surface area contributed by atoms with Crippen molar-refractivity contribution >= 4 is 17.4 Å². The number of hydrogen-bond acceptors (Lipinski definition) is 4. The second-order valence-electron chi connectivity index (χ2n) is 6.05. The molecule has 2 heterocycles.